The minimum Gasteiger partial charge on any atom is -0.338 e. The van der Waals surface area contributed by atoms with Gasteiger partial charge < -0.3 is 10.6 Å². The normalized spacial score (nSPS) is 21.2. The molecule has 2 N–H and O–H groups in total. The molecule has 0 aromatic heterocycles. The number of nitrogens with zero attached hydrogens (tertiary/aromatic N) is 1. The number of benzene rings is 1. The average molecular weight is 258 g/mol. The van der Waals surface area contributed by atoms with Crippen molar-refractivity contribution in [2.24, 2.45) is 5.73 Å². The summed E-state index contributed by atoms with van der Waals surface area (Å²) in [5.41, 5.74) is 8.76. The Morgan fingerprint density at radius 2 is 1.89 bits per heavy atom. The summed E-state index contributed by atoms with van der Waals surface area (Å²) in [5, 5.41) is 0. The molecule has 1 aliphatic carbocycles. The summed E-state index contributed by atoms with van der Waals surface area (Å²) in [5.74, 6) is 0.235. The number of carbonyl (C=O) groups is 1. The molecule has 1 aromatic carbocycles. The van der Waals surface area contributed by atoms with Crippen molar-refractivity contribution in [1.29, 1.82) is 0 Å². The molecule has 0 saturated heterocycles. The molecule has 1 fully saturated rings. The quantitative estimate of drug-likeness (QED) is 0.884. The van der Waals surface area contributed by atoms with Crippen LogP contribution in [0.3, 0.4) is 0 Å². The number of nitrogens with two attached hydrogens (primary N) is 1. The van der Waals surface area contributed by atoms with Gasteiger partial charge in [-0.1, -0.05) is 37.1 Å². The maximum absolute atomic E-state index is 12.4. The highest BCUT2D eigenvalue weighted by Gasteiger charge is 2.33. The fourth-order valence-electron chi connectivity index (χ4n) is 3.38. The third kappa shape index (κ3) is 2.66. The van der Waals surface area contributed by atoms with Crippen LogP contribution in [0, 0.1) is 0 Å². The van der Waals surface area contributed by atoms with Gasteiger partial charge >= 0.3 is 0 Å². The molecule has 0 atom stereocenters. The molecule has 1 amide bonds. The Morgan fingerprint density at radius 3 is 2.63 bits per heavy atom. The number of hydrogen-bond acceptors (Lipinski definition) is 2. The Labute approximate surface area is 114 Å². The van der Waals surface area contributed by atoms with Crippen LogP contribution in [-0.4, -0.2) is 22.9 Å². The minimum atomic E-state index is -0.228. The molecule has 0 radical (unpaired) electrons. The second kappa shape index (κ2) is 4.97. The van der Waals surface area contributed by atoms with Crippen LogP contribution in [0.2, 0.25) is 0 Å². The zero-order valence-electron chi connectivity index (χ0n) is 11.4. The predicted molar refractivity (Wildman–Crippen MR) is 75.6 cm³/mol. The summed E-state index contributed by atoms with van der Waals surface area (Å²) < 4.78 is 0. The monoisotopic (exact) mass is 258 g/mol. The molecule has 1 aliphatic heterocycles. The fraction of sp³-hybridized carbons (Fsp3) is 0.562. The summed E-state index contributed by atoms with van der Waals surface area (Å²) in [6.07, 6.45) is 5.85. The van der Waals surface area contributed by atoms with Gasteiger partial charge in [0.1, 0.15) is 0 Å². The average Bonchev–Trinajstić information content (AvgIpc) is 2.84. The molecule has 19 heavy (non-hydrogen) atoms. The van der Waals surface area contributed by atoms with E-state index in [-0.39, 0.29) is 11.4 Å². The molecule has 3 nitrogen and oxygen atoms in total. The van der Waals surface area contributed by atoms with Gasteiger partial charge in [0.15, 0.2) is 0 Å². The maximum atomic E-state index is 12.4. The SMILES string of the molecule is NC1(CC(=O)N2CCc3ccccc3C2)CCCC1. The summed E-state index contributed by atoms with van der Waals surface area (Å²) >= 11 is 0. The molecule has 0 spiro atoms. The molecular formula is C16H22N2O. The van der Waals surface area contributed by atoms with Crippen molar-refractivity contribution >= 4 is 5.91 Å². The standard InChI is InChI=1S/C16H22N2O/c17-16(8-3-4-9-16)11-15(19)18-10-7-13-5-1-2-6-14(13)12-18/h1-2,5-6H,3-4,7-12,17H2. The minimum absolute atomic E-state index is 0.228. The zero-order valence-corrected chi connectivity index (χ0v) is 11.4. The van der Waals surface area contributed by atoms with Crippen molar-refractivity contribution in [1.82, 2.24) is 4.90 Å². The lowest BCUT2D eigenvalue weighted by Crippen LogP contribution is -2.45. The van der Waals surface area contributed by atoms with Crippen molar-refractivity contribution < 1.29 is 4.79 Å². The van der Waals surface area contributed by atoms with Crippen LogP contribution in [0.15, 0.2) is 24.3 Å². The van der Waals surface area contributed by atoms with Gasteiger partial charge in [-0.15, -0.1) is 0 Å². The Morgan fingerprint density at radius 1 is 1.21 bits per heavy atom. The van der Waals surface area contributed by atoms with Gasteiger partial charge in [0.25, 0.3) is 0 Å². The van der Waals surface area contributed by atoms with Crippen molar-refractivity contribution in [3.05, 3.63) is 35.4 Å². The summed E-state index contributed by atoms with van der Waals surface area (Å²) in [6, 6.07) is 8.42. The van der Waals surface area contributed by atoms with Gasteiger partial charge in [-0.3, -0.25) is 4.79 Å². The molecule has 1 heterocycles. The van der Waals surface area contributed by atoms with Gasteiger partial charge in [-0.2, -0.15) is 0 Å². The highest BCUT2D eigenvalue weighted by molar-refractivity contribution is 5.77. The van der Waals surface area contributed by atoms with Crippen LogP contribution >= 0.6 is 0 Å². The van der Waals surface area contributed by atoms with E-state index in [1.807, 2.05) is 11.0 Å². The maximum Gasteiger partial charge on any atom is 0.224 e. The number of fused-ring (bicyclic) bond motifs is 1. The second-order valence-corrected chi connectivity index (χ2v) is 6.08. The lowest BCUT2D eigenvalue weighted by atomic mass is 9.93. The number of amides is 1. The largest absolute Gasteiger partial charge is 0.338 e. The summed E-state index contributed by atoms with van der Waals surface area (Å²) in [7, 11) is 0. The van der Waals surface area contributed by atoms with Gasteiger partial charge in [0.05, 0.1) is 0 Å². The van der Waals surface area contributed by atoms with Crippen molar-refractivity contribution in [3.8, 4) is 0 Å². The van der Waals surface area contributed by atoms with Gasteiger partial charge in [-0.25, -0.2) is 0 Å². The Balaban J connectivity index is 1.66. The third-order valence-electron chi connectivity index (χ3n) is 4.59. The first-order valence-electron chi connectivity index (χ1n) is 7.30. The first-order valence-corrected chi connectivity index (χ1v) is 7.30. The molecule has 0 unspecified atom stereocenters. The predicted octanol–water partition coefficient (Wildman–Crippen LogP) is 2.23. The van der Waals surface area contributed by atoms with Crippen LogP contribution in [0.4, 0.5) is 0 Å². The summed E-state index contributed by atoms with van der Waals surface area (Å²) in [4.78, 5) is 14.4. The zero-order chi connectivity index (χ0) is 13.3. The molecule has 3 rings (SSSR count). The molecular weight excluding hydrogens is 236 g/mol. The Bertz CT molecular complexity index is 477. The van der Waals surface area contributed by atoms with E-state index in [0.29, 0.717) is 6.42 Å². The fourth-order valence-corrected chi connectivity index (χ4v) is 3.38. The second-order valence-electron chi connectivity index (χ2n) is 6.08. The lowest BCUT2D eigenvalue weighted by molar-refractivity contribution is -0.133. The van der Waals surface area contributed by atoms with Crippen LogP contribution in [0.1, 0.15) is 43.2 Å². The van der Waals surface area contributed by atoms with E-state index in [9.17, 15) is 4.79 Å². The number of hydrogen-bond donors (Lipinski definition) is 1. The molecule has 1 aromatic rings. The van der Waals surface area contributed by atoms with E-state index in [1.165, 1.54) is 24.0 Å². The van der Waals surface area contributed by atoms with Crippen LogP contribution in [0.25, 0.3) is 0 Å². The number of carbonyl (C=O) groups excluding carboxylic acids is 1. The van der Waals surface area contributed by atoms with E-state index < -0.39 is 0 Å². The van der Waals surface area contributed by atoms with E-state index in [4.69, 9.17) is 5.73 Å². The first-order chi connectivity index (χ1) is 9.16. The Kier molecular flexibility index (Phi) is 3.31. The van der Waals surface area contributed by atoms with Crippen LogP contribution in [-0.2, 0) is 17.8 Å². The lowest BCUT2D eigenvalue weighted by Gasteiger charge is -2.32. The molecule has 2 aliphatic rings. The smallest absolute Gasteiger partial charge is 0.224 e. The third-order valence-corrected chi connectivity index (χ3v) is 4.59. The van der Waals surface area contributed by atoms with Crippen LogP contribution < -0.4 is 5.73 Å². The van der Waals surface area contributed by atoms with Crippen LogP contribution in [0.5, 0.6) is 0 Å². The molecule has 0 bridgehead atoms. The van der Waals surface area contributed by atoms with Crippen molar-refractivity contribution in [2.75, 3.05) is 6.54 Å². The van der Waals surface area contributed by atoms with Crippen molar-refractivity contribution in [2.45, 2.75) is 50.6 Å². The Hall–Kier alpha value is -1.35. The van der Waals surface area contributed by atoms with E-state index in [2.05, 4.69) is 18.2 Å². The van der Waals surface area contributed by atoms with Gasteiger partial charge in [0.2, 0.25) is 5.91 Å². The molecule has 3 heteroatoms. The van der Waals surface area contributed by atoms with Gasteiger partial charge in [-0.05, 0) is 30.4 Å². The van der Waals surface area contributed by atoms with Gasteiger partial charge in [0, 0.05) is 25.0 Å². The molecule has 1 saturated carbocycles. The summed E-state index contributed by atoms with van der Waals surface area (Å²) in [6.45, 7) is 1.59. The first kappa shape index (κ1) is 12.7. The number of rotatable bonds is 2. The van der Waals surface area contributed by atoms with E-state index in [1.54, 1.807) is 0 Å². The highest BCUT2D eigenvalue weighted by Crippen LogP contribution is 2.31. The topological polar surface area (TPSA) is 46.3 Å². The molecule has 102 valence electrons. The highest BCUT2D eigenvalue weighted by atomic mass is 16.2. The van der Waals surface area contributed by atoms with Crippen molar-refractivity contribution in [3.63, 3.8) is 0 Å². The van der Waals surface area contributed by atoms with E-state index >= 15 is 0 Å². The van der Waals surface area contributed by atoms with E-state index in [0.717, 1.165) is 32.4 Å².